The first-order chi connectivity index (χ1) is 12.3. The normalized spacial score (nSPS) is 23.3. The van der Waals surface area contributed by atoms with E-state index in [4.69, 9.17) is 9.47 Å². The Morgan fingerprint density at radius 3 is 2.62 bits per heavy atom. The molecule has 0 aliphatic carbocycles. The van der Waals surface area contributed by atoms with E-state index < -0.39 is 18.1 Å². The van der Waals surface area contributed by atoms with Gasteiger partial charge in [-0.25, -0.2) is 0 Å². The monoisotopic (exact) mass is 372 g/mol. The molecule has 0 bridgehead atoms. The van der Waals surface area contributed by atoms with E-state index in [0.29, 0.717) is 43.6 Å². The highest BCUT2D eigenvalue weighted by molar-refractivity contribution is 5.82. The van der Waals surface area contributed by atoms with Crippen molar-refractivity contribution < 1.29 is 27.4 Å². The van der Waals surface area contributed by atoms with Gasteiger partial charge in [0.15, 0.2) is 11.5 Å². The van der Waals surface area contributed by atoms with Crippen LogP contribution >= 0.6 is 0 Å². The summed E-state index contributed by atoms with van der Waals surface area (Å²) in [6, 6.07) is 4.48. The summed E-state index contributed by atoms with van der Waals surface area (Å²) in [6.07, 6.45) is -4.42. The van der Waals surface area contributed by atoms with Crippen LogP contribution in [-0.4, -0.2) is 49.3 Å². The van der Waals surface area contributed by atoms with Crippen LogP contribution in [0.4, 0.5) is 13.2 Å². The van der Waals surface area contributed by atoms with Crippen LogP contribution < -0.4 is 14.8 Å². The highest BCUT2D eigenvalue weighted by Gasteiger charge is 2.44. The molecule has 8 heteroatoms. The number of nitrogens with zero attached hydrogens (tertiary/aromatic N) is 1. The van der Waals surface area contributed by atoms with Crippen LogP contribution in [0.3, 0.4) is 0 Å². The number of nitrogens with one attached hydrogen (secondary N) is 1. The van der Waals surface area contributed by atoms with Crippen molar-refractivity contribution >= 4 is 5.91 Å². The Bertz CT molecular complexity index is 664. The molecule has 0 radical (unpaired) electrons. The van der Waals surface area contributed by atoms with Crippen molar-refractivity contribution in [1.82, 2.24) is 10.2 Å². The second-order valence-corrected chi connectivity index (χ2v) is 7.10. The molecule has 5 nitrogen and oxygen atoms in total. The molecule has 0 saturated carbocycles. The topological polar surface area (TPSA) is 50.8 Å². The lowest BCUT2D eigenvalue weighted by atomic mass is 9.98. The second-order valence-electron chi connectivity index (χ2n) is 7.10. The molecule has 2 aliphatic heterocycles. The molecule has 0 spiro atoms. The third-order valence-electron chi connectivity index (χ3n) is 4.58. The average molecular weight is 372 g/mol. The third-order valence-corrected chi connectivity index (χ3v) is 4.58. The first-order valence-electron chi connectivity index (χ1n) is 8.77. The van der Waals surface area contributed by atoms with Crippen molar-refractivity contribution in [2.45, 2.75) is 38.5 Å². The first kappa shape index (κ1) is 18.8. The lowest BCUT2D eigenvalue weighted by molar-refractivity contribution is -0.174. The summed E-state index contributed by atoms with van der Waals surface area (Å²) < 4.78 is 49.2. The second kappa shape index (κ2) is 7.34. The number of rotatable bonds is 4. The van der Waals surface area contributed by atoms with E-state index in [1.807, 2.05) is 12.1 Å². The van der Waals surface area contributed by atoms with Crippen LogP contribution in [0, 0.1) is 5.92 Å². The van der Waals surface area contributed by atoms with Gasteiger partial charge in [0.25, 0.3) is 0 Å². The lowest BCUT2D eigenvalue weighted by Gasteiger charge is -2.31. The molecule has 2 heterocycles. The fraction of sp³-hybridized carbons (Fsp3) is 0.611. The molecule has 1 aromatic rings. The molecule has 1 amide bonds. The number of carbonyl (C=O) groups excluding carboxylic acids is 1. The van der Waals surface area contributed by atoms with Crippen LogP contribution in [0.2, 0.25) is 0 Å². The number of carbonyl (C=O) groups is 1. The molecule has 1 saturated heterocycles. The number of likely N-dealkylation sites (tertiary alicyclic amines) is 1. The minimum Gasteiger partial charge on any atom is -0.486 e. The van der Waals surface area contributed by atoms with Gasteiger partial charge in [0, 0.05) is 13.1 Å². The summed E-state index contributed by atoms with van der Waals surface area (Å²) in [4.78, 5) is 13.6. The van der Waals surface area contributed by atoms with Crippen molar-refractivity contribution in [3.8, 4) is 11.5 Å². The summed E-state index contributed by atoms with van der Waals surface area (Å²) in [7, 11) is 0. The van der Waals surface area contributed by atoms with Gasteiger partial charge in [-0.05, 0) is 30.0 Å². The highest BCUT2D eigenvalue weighted by Crippen LogP contribution is 2.38. The van der Waals surface area contributed by atoms with Crippen LogP contribution in [0.5, 0.6) is 11.5 Å². The maximum Gasteiger partial charge on any atom is 0.471 e. The number of hydrogen-bond acceptors (Lipinski definition) is 4. The maximum absolute atomic E-state index is 12.7. The van der Waals surface area contributed by atoms with Gasteiger partial charge in [0.2, 0.25) is 0 Å². The van der Waals surface area contributed by atoms with E-state index in [2.05, 4.69) is 24.1 Å². The molecule has 2 atom stereocenters. The van der Waals surface area contributed by atoms with E-state index in [-0.39, 0.29) is 6.04 Å². The van der Waals surface area contributed by atoms with Crippen molar-refractivity contribution in [2.75, 3.05) is 26.3 Å². The fourth-order valence-corrected chi connectivity index (χ4v) is 3.62. The molecule has 0 aromatic heterocycles. The van der Waals surface area contributed by atoms with Crippen molar-refractivity contribution in [1.29, 1.82) is 0 Å². The largest absolute Gasteiger partial charge is 0.486 e. The Morgan fingerprint density at radius 1 is 1.27 bits per heavy atom. The van der Waals surface area contributed by atoms with Gasteiger partial charge in [-0.2, -0.15) is 13.2 Å². The van der Waals surface area contributed by atoms with Gasteiger partial charge in [-0.1, -0.05) is 19.9 Å². The Balaban J connectivity index is 1.87. The van der Waals surface area contributed by atoms with Gasteiger partial charge in [-0.3, -0.25) is 9.69 Å². The van der Waals surface area contributed by atoms with E-state index in [0.717, 1.165) is 12.1 Å². The van der Waals surface area contributed by atoms with Gasteiger partial charge >= 0.3 is 12.1 Å². The molecule has 3 rings (SSSR count). The number of benzene rings is 1. The van der Waals surface area contributed by atoms with E-state index in [1.165, 1.54) is 0 Å². The van der Waals surface area contributed by atoms with Gasteiger partial charge in [0.05, 0.1) is 12.1 Å². The lowest BCUT2D eigenvalue weighted by Crippen LogP contribution is -2.45. The molecule has 2 aliphatic rings. The predicted octanol–water partition coefficient (Wildman–Crippen LogP) is 2.91. The first-order valence-corrected chi connectivity index (χ1v) is 8.77. The number of halogens is 3. The zero-order valence-corrected chi connectivity index (χ0v) is 14.8. The van der Waals surface area contributed by atoms with E-state index >= 15 is 0 Å². The third kappa shape index (κ3) is 4.06. The SMILES string of the molecule is CC(C)CN1CC[C@H](NC(=O)C(F)(F)F)[C@H]1c1ccc2c(c1)OCCO2. The Kier molecular flexibility index (Phi) is 5.32. The molecule has 26 heavy (non-hydrogen) atoms. The summed E-state index contributed by atoms with van der Waals surface area (Å²) in [5, 5.41) is 2.17. The number of fused-ring (bicyclic) bond motifs is 1. The maximum atomic E-state index is 12.7. The minimum atomic E-state index is -4.89. The zero-order chi connectivity index (χ0) is 18.9. The van der Waals surface area contributed by atoms with Gasteiger partial charge < -0.3 is 14.8 Å². The fourth-order valence-electron chi connectivity index (χ4n) is 3.62. The average Bonchev–Trinajstić information content (AvgIpc) is 2.95. The molecule has 0 unspecified atom stereocenters. The predicted molar refractivity (Wildman–Crippen MR) is 89.2 cm³/mol. The van der Waals surface area contributed by atoms with Crippen molar-refractivity contribution in [3.63, 3.8) is 0 Å². The minimum absolute atomic E-state index is 0.334. The Labute approximate surface area is 150 Å². The quantitative estimate of drug-likeness (QED) is 0.883. The summed E-state index contributed by atoms with van der Waals surface area (Å²) in [6.45, 7) is 6.38. The van der Waals surface area contributed by atoms with E-state index in [9.17, 15) is 18.0 Å². The number of hydrogen-bond donors (Lipinski definition) is 1. The number of alkyl halides is 3. The smallest absolute Gasteiger partial charge is 0.471 e. The summed E-state index contributed by atoms with van der Waals surface area (Å²) in [5.41, 5.74) is 0.819. The number of ether oxygens (including phenoxy) is 2. The summed E-state index contributed by atoms with van der Waals surface area (Å²) >= 11 is 0. The summed E-state index contributed by atoms with van der Waals surface area (Å²) in [5.74, 6) is -0.321. The highest BCUT2D eigenvalue weighted by atomic mass is 19.4. The molecule has 1 aromatic carbocycles. The molecule has 1 N–H and O–H groups in total. The van der Waals surface area contributed by atoms with Gasteiger partial charge in [-0.15, -0.1) is 0 Å². The van der Waals surface area contributed by atoms with Crippen LogP contribution in [0.1, 0.15) is 31.9 Å². The standard InChI is InChI=1S/C18H23F3N2O3/c1-11(2)10-23-6-5-13(22-17(24)18(19,20)21)16(23)12-3-4-14-15(9-12)26-8-7-25-14/h3-4,9,11,13,16H,5-8,10H2,1-2H3,(H,22,24)/t13-,16+/m0/s1. The molecule has 1 fully saturated rings. The molecule has 144 valence electrons. The molecular formula is C18H23F3N2O3. The zero-order valence-electron chi connectivity index (χ0n) is 14.8. The Hall–Kier alpha value is -1.96. The van der Waals surface area contributed by atoms with Crippen LogP contribution in [0.15, 0.2) is 18.2 Å². The van der Waals surface area contributed by atoms with Crippen LogP contribution in [-0.2, 0) is 4.79 Å². The van der Waals surface area contributed by atoms with Gasteiger partial charge in [0.1, 0.15) is 13.2 Å². The van der Waals surface area contributed by atoms with E-state index in [1.54, 1.807) is 6.07 Å². The number of amides is 1. The molecular weight excluding hydrogens is 349 g/mol. The van der Waals surface area contributed by atoms with Crippen LogP contribution in [0.25, 0.3) is 0 Å². The van der Waals surface area contributed by atoms with Crippen molar-refractivity contribution in [2.24, 2.45) is 5.92 Å². The Morgan fingerprint density at radius 2 is 1.96 bits per heavy atom. The van der Waals surface area contributed by atoms with Crippen molar-refractivity contribution in [3.05, 3.63) is 23.8 Å².